The number of ether oxygens (including phenoxy) is 2. The summed E-state index contributed by atoms with van der Waals surface area (Å²) in [6.07, 6.45) is 3.35. The number of hydrogen-bond donors (Lipinski definition) is 1. The van der Waals surface area contributed by atoms with E-state index in [9.17, 15) is 14.0 Å². The Kier molecular flexibility index (Phi) is 8.18. The highest BCUT2D eigenvalue weighted by atomic mass is 35.5. The number of allylic oxidation sites excluding steroid dienone is 1. The average molecular weight is 549 g/mol. The summed E-state index contributed by atoms with van der Waals surface area (Å²) in [5, 5.41) is 6.00. The van der Waals surface area contributed by atoms with Crippen LogP contribution in [0.1, 0.15) is 56.6 Å². The number of likely N-dealkylation sites (tertiary alicyclic amines) is 1. The molecule has 2 aliphatic heterocycles. The minimum atomic E-state index is -0.819. The molecule has 37 heavy (non-hydrogen) atoms. The van der Waals surface area contributed by atoms with Crippen molar-refractivity contribution in [1.82, 2.24) is 15.2 Å². The second-order valence-corrected chi connectivity index (χ2v) is 11.2. The van der Waals surface area contributed by atoms with Crippen LogP contribution >= 0.6 is 22.9 Å². The first-order valence-electron chi connectivity index (χ1n) is 12.1. The van der Waals surface area contributed by atoms with Crippen LogP contribution in [0.3, 0.4) is 0 Å². The van der Waals surface area contributed by atoms with Gasteiger partial charge in [0, 0.05) is 46.9 Å². The average Bonchev–Trinajstić information content (AvgIpc) is 3.26. The lowest BCUT2D eigenvalue weighted by molar-refractivity contribution is -0.136. The fourth-order valence-electron chi connectivity index (χ4n) is 4.51. The molecule has 4 rings (SSSR count). The van der Waals surface area contributed by atoms with Crippen molar-refractivity contribution in [2.75, 3.05) is 20.2 Å². The number of amidine groups is 1. The van der Waals surface area contributed by atoms with Gasteiger partial charge in [0.05, 0.1) is 12.7 Å². The Bertz CT molecular complexity index is 1230. The molecule has 2 aromatic rings. The van der Waals surface area contributed by atoms with Crippen LogP contribution in [0.2, 0.25) is 5.02 Å². The maximum Gasteiger partial charge on any atom is 0.410 e. The zero-order chi connectivity index (χ0) is 26.7. The summed E-state index contributed by atoms with van der Waals surface area (Å²) in [7, 11) is 1.31. The molecule has 0 aliphatic carbocycles. The molecule has 0 radical (unpaired) electrons. The summed E-state index contributed by atoms with van der Waals surface area (Å²) in [5.74, 6) is -0.644. The molecule has 2 aliphatic rings. The third-order valence-electron chi connectivity index (χ3n) is 6.16. The molecule has 2 atom stereocenters. The summed E-state index contributed by atoms with van der Waals surface area (Å²) < 4.78 is 24.6. The Morgan fingerprint density at radius 3 is 2.68 bits per heavy atom. The molecule has 3 heterocycles. The van der Waals surface area contributed by atoms with Crippen molar-refractivity contribution < 1.29 is 23.5 Å². The normalized spacial score (nSPS) is 20.6. The second-order valence-electron chi connectivity index (χ2n) is 9.92. The Labute approximate surface area is 224 Å². The standard InChI is InChI=1S/C26H30ClFN4O4S/c1-26(2,3)36-25(34)32-11-5-6-15(9-12-32)20-19(24(33)35-4)21(17-8-7-16(28)14-18(17)27)31-22(30-20)23-29-10-13-37-23/h7-8,10,13-15,21H,5-6,9,11-12H2,1-4H3,(H,30,31). The molecular formula is C26H30ClFN4O4S. The van der Waals surface area contributed by atoms with Gasteiger partial charge < -0.3 is 19.7 Å². The molecule has 1 aromatic carbocycles. The number of hydrogen-bond acceptors (Lipinski definition) is 8. The molecule has 0 saturated carbocycles. The van der Waals surface area contributed by atoms with Gasteiger partial charge >= 0.3 is 12.1 Å². The van der Waals surface area contributed by atoms with Crippen molar-refractivity contribution in [2.24, 2.45) is 10.9 Å². The van der Waals surface area contributed by atoms with Crippen LogP contribution in [0.4, 0.5) is 9.18 Å². The predicted octanol–water partition coefficient (Wildman–Crippen LogP) is 5.49. The molecular weight excluding hydrogens is 519 g/mol. The molecule has 0 spiro atoms. The van der Waals surface area contributed by atoms with Gasteiger partial charge in [0.25, 0.3) is 0 Å². The lowest BCUT2D eigenvalue weighted by Gasteiger charge is -2.31. The van der Waals surface area contributed by atoms with E-state index in [2.05, 4.69) is 10.3 Å². The van der Waals surface area contributed by atoms with E-state index in [1.165, 1.54) is 36.6 Å². The van der Waals surface area contributed by atoms with E-state index in [4.69, 9.17) is 26.1 Å². The number of methoxy groups -OCH3 is 1. The predicted molar refractivity (Wildman–Crippen MR) is 140 cm³/mol. The lowest BCUT2D eigenvalue weighted by atomic mass is 9.87. The topological polar surface area (TPSA) is 93.1 Å². The van der Waals surface area contributed by atoms with Gasteiger partial charge in [0.2, 0.25) is 0 Å². The molecule has 2 unspecified atom stereocenters. The fraction of sp³-hybridized carbons (Fsp3) is 0.462. The minimum absolute atomic E-state index is 0.103. The number of halogens is 2. The second kappa shape index (κ2) is 11.2. The smallest absolute Gasteiger partial charge is 0.410 e. The van der Waals surface area contributed by atoms with Gasteiger partial charge in [-0.05, 0) is 52.2 Å². The Morgan fingerprint density at radius 2 is 2.03 bits per heavy atom. The third kappa shape index (κ3) is 6.30. The van der Waals surface area contributed by atoms with Crippen LogP contribution in [0, 0.1) is 11.7 Å². The monoisotopic (exact) mass is 548 g/mol. The van der Waals surface area contributed by atoms with Crippen molar-refractivity contribution in [3.8, 4) is 0 Å². The number of carbonyl (C=O) groups is 2. The number of amides is 1. The Morgan fingerprint density at radius 1 is 1.24 bits per heavy atom. The van der Waals surface area contributed by atoms with E-state index >= 15 is 0 Å². The van der Waals surface area contributed by atoms with Crippen LogP contribution in [0.5, 0.6) is 0 Å². The summed E-state index contributed by atoms with van der Waals surface area (Å²) >= 11 is 7.84. The summed E-state index contributed by atoms with van der Waals surface area (Å²) in [6.45, 7) is 6.53. The third-order valence-corrected chi connectivity index (χ3v) is 7.27. The number of rotatable bonds is 4. The van der Waals surface area contributed by atoms with Crippen molar-refractivity contribution in [3.63, 3.8) is 0 Å². The summed E-state index contributed by atoms with van der Waals surface area (Å²) in [4.78, 5) is 36.8. The minimum Gasteiger partial charge on any atom is -0.466 e. The van der Waals surface area contributed by atoms with Crippen molar-refractivity contribution in [1.29, 1.82) is 0 Å². The number of esters is 1. The summed E-state index contributed by atoms with van der Waals surface area (Å²) in [6, 6.07) is 3.21. The van der Waals surface area contributed by atoms with E-state index in [1.807, 2.05) is 26.2 Å². The van der Waals surface area contributed by atoms with Gasteiger partial charge in [-0.15, -0.1) is 11.3 Å². The van der Waals surface area contributed by atoms with Gasteiger partial charge in [0.1, 0.15) is 17.5 Å². The van der Waals surface area contributed by atoms with E-state index in [0.29, 0.717) is 47.2 Å². The highest BCUT2D eigenvalue weighted by Crippen LogP contribution is 2.40. The van der Waals surface area contributed by atoms with Crippen molar-refractivity contribution >= 4 is 40.8 Å². The van der Waals surface area contributed by atoms with E-state index in [1.54, 1.807) is 11.1 Å². The van der Waals surface area contributed by atoms with Gasteiger partial charge in [-0.25, -0.2) is 19.0 Å². The number of nitrogens with one attached hydrogen (secondary N) is 1. The number of carbonyl (C=O) groups excluding carboxylic acids is 2. The first-order valence-corrected chi connectivity index (χ1v) is 13.3. The van der Waals surface area contributed by atoms with Crippen LogP contribution < -0.4 is 5.32 Å². The van der Waals surface area contributed by atoms with E-state index < -0.39 is 23.4 Å². The van der Waals surface area contributed by atoms with Crippen LogP contribution in [0.15, 0.2) is 46.0 Å². The Hall–Kier alpha value is -2.98. The molecule has 1 aromatic heterocycles. The first kappa shape index (κ1) is 27.1. The maximum atomic E-state index is 13.9. The molecule has 0 bridgehead atoms. The van der Waals surface area contributed by atoms with E-state index in [0.717, 1.165) is 12.8 Å². The SMILES string of the molecule is COC(=O)C1=C(C2CCCN(C(=O)OC(C)(C)C)CC2)NC(c2nccs2)=NC1c1ccc(F)cc1Cl. The maximum absolute atomic E-state index is 13.9. The molecule has 1 N–H and O–H groups in total. The number of benzene rings is 1. The van der Waals surface area contributed by atoms with Crippen LogP contribution in [0.25, 0.3) is 0 Å². The highest BCUT2D eigenvalue weighted by Gasteiger charge is 2.37. The van der Waals surface area contributed by atoms with Crippen molar-refractivity contribution in [2.45, 2.75) is 51.7 Å². The van der Waals surface area contributed by atoms with Crippen LogP contribution in [-0.2, 0) is 14.3 Å². The fourth-order valence-corrected chi connectivity index (χ4v) is 5.37. The number of aliphatic imine (C=N–C) groups is 1. The molecule has 198 valence electrons. The Balaban J connectivity index is 1.74. The number of aromatic nitrogens is 1. The van der Waals surface area contributed by atoms with Crippen LogP contribution in [-0.4, -0.2) is 53.6 Å². The van der Waals surface area contributed by atoms with Gasteiger partial charge in [-0.1, -0.05) is 17.7 Å². The molecule has 1 saturated heterocycles. The molecule has 8 nitrogen and oxygen atoms in total. The van der Waals surface area contributed by atoms with Crippen molar-refractivity contribution in [3.05, 3.63) is 62.5 Å². The molecule has 1 amide bonds. The van der Waals surface area contributed by atoms with Gasteiger partial charge in [-0.2, -0.15) is 0 Å². The summed E-state index contributed by atoms with van der Waals surface area (Å²) in [5.41, 5.74) is 0.866. The quantitative estimate of drug-likeness (QED) is 0.508. The zero-order valence-electron chi connectivity index (χ0n) is 21.2. The highest BCUT2D eigenvalue weighted by molar-refractivity contribution is 7.11. The number of thiazole rings is 1. The number of nitrogens with zero attached hydrogens (tertiary/aromatic N) is 3. The lowest BCUT2D eigenvalue weighted by Crippen LogP contribution is -2.38. The van der Waals surface area contributed by atoms with Gasteiger partial charge in [-0.3, -0.25) is 4.99 Å². The molecule has 11 heteroatoms. The van der Waals surface area contributed by atoms with Gasteiger partial charge in [0.15, 0.2) is 10.8 Å². The largest absolute Gasteiger partial charge is 0.466 e. The molecule has 1 fully saturated rings. The van der Waals surface area contributed by atoms with E-state index in [-0.39, 0.29) is 17.0 Å². The first-order chi connectivity index (χ1) is 17.6. The zero-order valence-corrected chi connectivity index (χ0v) is 22.8.